The van der Waals surface area contributed by atoms with E-state index in [0.29, 0.717) is 19.8 Å². The zero-order chi connectivity index (χ0) is 17.5. The maximum absolute atomic E-state index is 13.2. The first-order valence-corrected chi connectivity index (χ1v) is 8.39. The molecule has 0 radical (unpaired) electrons. The molecule has 1 heterocycles. The van der Waals surface area contributed by atoms with Gasteiger partial charge in [0.2, 0.25) is 0 Å². The number of nitrogens with one attached hydrogen (secondary N) is 2. The Balaban J connectivity index is 1.64. The fourth-order valence-corrected chi connectivity index (χ4v) is 2.92. The number of para-hydroxylation sites is 1. The van der Waals surface area contributed by atoms with Crippen LogP contribution in [0, 0.1) is 5.82 Å². The second kappa shape index (κ2) is 8.60. The van der Waals surface area contributed by atoms with Gasteiger partial charge in [-0.05, 0) is 29.8 Å². The van der Waals surface area contributed by atoms with Gasteiger partial charge in [-0.15, -0.1) is 0 Å². The van der Waals surface area contributed by atoms with Crippen LogP contribution in [0.4, 0.5) is 14.9 Å². The number of rotatable bonds is 5. The lowest BCUT2D eigenvalue weighted by Gasteiger charge is -2.34. The third-order valence-electron chi connectivity index (χ3n) is 4.23. The fraction of sp³-hybridized carbons (Fsp3) is 0.316. The van der Waals surface area contributed by atoms with Crippen LogP contribution in [0.15, 0.2) is 54.6 Å². The number of hydrogen-bond donors (Lipinski definition) is 2. The summed E-state index contributed by atoms with van der Waals surface area (Å²) in [5.41, 5.74) is 1.72. The highest BCUT2D eigenvalue weighted by atomic mass is 19.1. The summed E-state index contributed by atoms with van der Waals surface area (Å²) in [7, 11) is 0. The van der Waals surface area contributed by atoms with Gasteiger partial charge < -0.3 is 15.4 Å². The number of nitrogens with zero attached hydrogens (tertiary/aromatic N) is 1. The minimum Gasteiger partial charge on any atom is -0.379 e. The van der Waals surface area contributed by atoms with Crippen LogP contribution < -0.4 is 10.6 Å². The molecule has 2 aromatic rings. The second-order valence-electron chi connectivity index (χ2n) is 5.92. The van der Waals surface area contributed by atoms with Crippen molar-refractivity contribution in [2.24, 2.45) is 0 Å². The van der Waals surface area contributed by atoms with Crippen LogP contribution in [-0.2, 0) is 4.74 Å². The average molecular weight is 343 g/mol. The molecule has 3 rings (SSSR count). The molecule has 1 atom stereocenters. The number of carbonyl (C=O) groups excluding carboxylic acids is 1. The molecule has 2 amide bonds. The van der Waals surface area contributed by atoms with E-state index in [2.05, 4.69) is 15.5 Å². The van der Waals surface area contributed by atoms with Gasteiger partial charge in [-0.2, -0.15) is 0 Å². The first-order valence-electron chi connectivity index (χ1n) is 8.39. The van der Waals surface area contributed by atoms with Gasteiger partial charge in [-0.3, -0.25) is 4.90 Å². The number of urea groups is 1. The van der Waals surface area contributed by atoms with Crippen molar-refractivity contribution in [2.75, 3.05) is 38.2 Å². The van der Waals surface area contributed by atoms with Crippen molar-refractivity contribution in [1.82, 2.24) is 10.2 Å². The van der Waals surface area contributed by atoms with Crippen molar-refractivity contribution in [3.05, 3.63) is 66.0 Å². The van der Waals surface area contributed by atoms with E-state index < -0.39 is 0 Å². The Hall–Kier alpha value is -2.44. The van der Waals surface area contributed by atoms with Gasteiger partial charge in [0.15, 0.2) is 0 Å². The summed E-state index contributed by atoms with van der Waals surface area (Å²) in [5.74, 6) is -0.265. The third-order valence-corrected chi connectivity index (χ3v) is 4.23. The number of anilines is 1. The largest absolute Gasteiger partial charge is 0.379 e. The van der Waals surface area contributed by atoms with Crippen molar-refractivity contribution >= 4 is 11.7 Å². The molecule has 6 heteroatoms. The number of ether oxygens (including phenoxy) is 1. The number of hydrogen-bond acceptors (Lipinski definition) is 3. The molecular formula is C19H22FN3O2. The first-order chi connectivity index (χ1) is 12.2. The van der Waals surface area contributed by atoms with Crippen LogP contribution in [-0.4, -0.2) is 43.8 Å². The molecule has 0 spiro atoms. The molecule has 0 saturated carbocycles. The maximum Gasteiger partial charge on any atom is 0.319 e. The molecule has 0 unspecified atom stereocenters. The summed E-state index contributed by atoms with van der Waals surface area (Å²) in [6.45, 7) is 3.32. The van der Waals surface area contributed by atoms with Gasteiger partial charge in [0.25, 0.3) is 0 Å². The van der Waals surface area contributed by atoms with Crippen LogP contribution in [0.5, 0.6) is 0 Å². The number of benzene rings is 2. The van der Waals surface area contributed by atoms with Crippen molar-refractivity contribution in [3.63, 3.8) is 0 Å². The van der Waals surface area contributed by atoms with Crippen LogP contribution in [0.2, 0.25) is 0 Å². The predicted molar refractivity (Wildman–Crippen MR) is 95.0 cm³/mol. The lowest BCUT2D eigenvalue weighted by molar-refractivity contribution is 0.0167. The quantitative estimate of drug-likeness (QED) is 0.877. The lowest BCUT2D eigenvalue weighted by Crippen LogP contribution is -2.44. The number of amides is 2. The van der Waals surface area contributed by atoms with E-state index in [4.69, 9.17) is 4.74 Å². The van der Waals surface area contributed by atoms with Crippen molar-refractivity contribution in [2.45, 2.75) is 6.04 Å². The fourth-order valence-electron chi connectivity index (χ4n) is 2.92. The van der Waals surface area contributed by atoms with Crippen LogP contribution >= 0.6 is 0 Å². The van der Waals surface area contributed by atoms with Crippen LogP contribution in [0.25, 0.3) is 0 Å². The Morgan fingerprint density at radius 2 is 1.76 bits per heavy atom. The maximum atomic E-state index is 13.2. The molecular weight excluding hydrogens is 321 g/mol. The highest BCUT2D eigenvalue weighted by Gasteiger charge is 2.23. The standard InChI is InChI=1S/C19H22FN3O2/c20-16-8-6-15(7-9-16)18(23-10-12-25-13-11-23)14-21-19(24)22-17-4-2-1-3-5-17/h1-9,18H,10-14H2,(H2,21,22,24)/t18-/m0/s1. The Morgan fingerprint density at radius 1 is 1.08 bits per heavy atom. The third kappa shape index (κ3) is 5.01. The SMILES string of the molecule is O=C(NC[C@@H](c1ccc(F)cc1)N1CCOCC1)Nc1ccccc1. The van der Waals surface area contributed by atoms with Gasteiger partial charge in [-0.1, -0.05) is 30.3 Å². The Bertz CT molecular complexity index is 673. The number of morpholine rings is 1. The zero-order valence-corrected chi connectivity index (χ0v) is 14.0. The summed E-state index contributed by atoms with van der Waals surface area (Å²) < 4.78 is 18.6. The highest BCUT2D eigenvalue weighted by molar-refractivity contribution is 5.89. The van der Waals surface area contributed by atoms with E-state index >= 15 is 0 Å². The molecule has 2 N–H and O–H groups in total. The molecule has 5 nitrogen and oxygen atoms in total. The molecule has 1 aliphatic heterocycles. The number of halogens is 1. The molecule has 1 fully saturated rings. The minimum absolute atomic E-state index is 0.0222. The van der Waals surface area contributed by atoms with Crippen molar-refractivity contribution in [1.29, 1.82) is 0 Å². The summed E-state index contributed by atoms with van der Waals surface area (Å²) in [6.07, 6.45) is 0. The van der Waals surface area contributed by atoms with E-state index in [1.807, 2.05) is 30.3 Å². The Kier molecular flexibility index (Phi) is 5.98. The predicted octanol–water partition coefficient (Wildman–Crippen LogP) is 3.02. The summed E-state index contributed by atoms with van der Waals surface area (Å²) in [6, 6.07) is 15.5. The summed E-state index contributed by atoms with van der Waals surface area (Å²) >= 11 is 0. The number of carbonyl (C=O) groups is 1. The average Bonchev–Trinajstić information content (AvgIpc) is 2.65. The van der Waals surface area contributed by atoms with E-state index in [1.54, 1.807) is 12.1 Å². The Morgan fingerprint density at radius 3 is 2.44 bits per heavy atom. The monoisotopic (exact) mass is 343 g/mol. The summed E-state index contributed by atoms with van der Waals surface area (Å²) in [4.78, 5) is 14.4. The molecule has 25 heavy (non-hydrogen) atoms. The zero-order valence-electron chi connectivity index (χ0n) is 14.0. The van der Waals surface area contributed by atoms with E-state index in [9.17, 15) is 9.18 Å². The lowest BCUT2D eigenvalue weighted by atomic mass is 10.0. The second-order valence-corrected chi connectivity index (χ2v) is 5.92. The molecule has 2 aromatic carbocycles. The molecule has 0 bridgehead atoms. The van der Waals surface area contributed by atoms with E-state index in [1.165, 1.54) is 12.1 Å². The molecule has 1 saturated heterocycles. The molecule has 1 aliphatic rings. The minimum atomic E-state index is -0.265. The molecule has 0 aromatic heterocycles. The highest BCUT2D eigenvalue weighted by Crippen LogP contribution is 2.21. The van der Waals surface area contributed by atoms with Crippen molar-refractivity contribution in [3.8, 4) is 0 Å². The van der Waals surface area contributed by atoms with Gasteiger partial charge in [-0.25, -0.2) is 9.18 Å². The Labute approximate surface area is 146 Å². The van der Waals surface area contributed by atoms with Gasteiger partial charge in [0.05, 0.1) is 19.3 Å². The smallest absolute Gasteiger partial charge is 0.319 e. The van der Waals surface area contributed by atoms with Gasteiger partial charge in [0.1, 0.15) is 5.82 Å². The van der Waals surface area contributed by atoms with Gasteiger partial charge >= 0.3 is 6.03 Å². The topological polar surface area (TPSA) is 53.6 Å². The normalized spacial score (nSPS) is 16.2. The summed E-state index contributed by atoms with van der Waals surface area (Å²) in [5, 5.41) is 5.72. The van der Waals surface area contributed by atoms with E-state index in [0.717, 1.165) is 24.3 Å². The van der Waals surface area contributed by atoms with Crippen LogP contribution in [0.3, 0.4) is 0 Å². The van der Waals surface area contributed by atoms with Gasteiger partial charge in [0, 0.05) is 25.3 Å². The van der Waals surface area contributed by atoms with E-state index in [-0.39, 0.29) is 17.9 Å². The van der Waals surface area contributed by atoms with Crippen LogP contribution in [0.1, 0.15) is 11.6 Å². The first kappa shape index (κ1) is 17.4. The molecule has 132 valence electrons. The van der Waals surface area contributed by atoms with Crippen molar-refractivity contribution < 1.29 is 13.9 Å². The molecule has 0 aliphatic carbocycles.